The average Bonchev–Trinajstić information content (AvgIpc) is 2.30. The van der Waals surface area contributed by atoms with Gasteiger partial charge < -0.3 is 10.5 Å². The van der Waals surface area contributed by atoms with Crippen molar-refractivity contribution in [3.8, 4) is 0 Å². The molecule has 5 nitrogen and oxygen atoms in total. The normalized spacial score (nSPS) is 11.3. The third kappa shape index (κ3) is 4.29. The molecule has 0 radical (unpaired) electrons. The number of nitrogens with two attached hydrogens (primary N) is 1. The van der Waals surface area contributed by atoms with Crippen LogP contribution in [-0.4, -0.2) is 27.2 Å². The van der Waals surface area contributed by atoms with Crippen LogP contribution in [0.25, 0.3) is 0 Å². The summed E-state index contributed by atoms with van der Waals surface area (Å²) in [7, 11) is -2.44. The van der Waals surface area contributed by atoms with Gasteiger partial charge in [-0.15, -0.1) is 0 Å². The molecule has 0 unspecified atom stereocenters. The number of benzene rings is 1. The van der Waals surface area contributed by atoms with Gasteiger partial charge in [-0.2, -0.15) is 0 Å². The molecule has 0 aliphatic heterocycles. The standard InChI is InChI=1S/C11H14ClNO4S/c1-17-11(14)7-18(15,16)6-9-3-2-8(5-13)4-10(9)12/h2-4H,5-7,13H2,1H3. The minimum Gasteiger partial charge on any atom is -0.468 e. The van der Waals surface area contributed by atoms with E-state index < -0.39 is 21.6 Å². The summed E-state index contributed by atoms with van der Waals surface area (Å²) in [6.45, 7) is 0.328. The van der Waals surface area contributed by atoms with Gasteiger partial charge in [0.1, 0.15) is 5.75 Å². The third-order valence-corrected chi connectivity index (χ3v) is 4.07. The molecule has 18 heavy (non-hydrogen) atoms. The largest absolute Gasteiger partial charge is 0.468 e. The van der Waals surface area contributed by atoms with Gasteiger partial charge in [-0.25, -0.2) is 8.42 Å². The zero-order valence-electron chi connectivity index (χ0n) is 9.85. The third-order valence-electron chi connectivity index (χ3n) is 2.29. The highest BCUT2D eigenvalue weighted by molar-refractivity contribution is 7.91. The number of sulfone groups is 1. The quantitative estimate of drug-likeness (QED) is 0.814. The summed E-state index contributed by atoms with van der Waals surface area (Å²) in [6, 6.07) is 4.92. The number of hydrogen-bond acceptors (Lipinski definition) is 5. The second-order valence-corrected chi connectivity index (χ2v) is 6.21. The summed E-state index contributed by atoms with van der Waals surface area (Å²) in [4.78, 5) is 11.0. The summed E-state index contributed by atoms with van der Waals surface area (Å²) in [5, 5.41) is 0.325. The molecule has 0 saturated carbocycles. The van der Waals surface area contributed by atoms with Crippen LogP contribution in [0.5, 0.6) is 0 Å². The Morgan fingerprint density at radius 1 is 1.44 bits per heavy atom. The molecule has 1 aromatic carbocycles. The first-order valence-corrected chi connectivity index (χ1v) is 7.32. The monoisotopic (exact) mass is 291 g/mol. The minimum absolute atomic E-state index is 0.300. The second kappa shape index (κ2) is 6.17. The maximum atomic E-state index is 11.7. The van der Waals surface area contributed by atoms with E-state index in [2.05, 4.69) is 4.74 Å². The molecule has 0 fully saturated rings. The fourth-order valence-corrected chi connectivity index (χ4v) is 3.02. The molecule has 7 heteroatoms. The lowest BCUT2D eigenvalue weighted by atomic mass is 10.1. The van der Waals surface area contributed by atoms with E-state index in [0.717, 1.165) is 12.7 Å². The molecule has 0 amide bonds. The molecule has 0 spiro atoms. The van der Waals surface area contributed by atoms with Gasteiger partial charge in [-0.1, -0.05) is 23.7 Å². The smallest absolute Gasteiger partial charge is 0.320 e. The van der Waals surface area contributed by atoms with Crippen LogP contribution in [0.4, 0.5) is 0 Å². The molecule has 0 saturated heterocycles. The van der Waals surface area contributed by atoms with Gasteiger partial charge in [-0.05, 0) is 17.2 Å². The highest BCUT2D eigenvalue weighted by Crippen LogP contribution is 2.20. The van der Waals surface area contributed by atoms with E-state index in [1.54, 1.807) is 18.2 Å². The van der Waals surface area contributed by atoms with Gasteiger partial charge in [0, 0.05) is 11.6 Å². The molecule has 0 atom stereocenters. The Morgan fingerprint density at radius 2 is 2.11 bits per heavy atom. The molecule has 2 N–H and O–H groups in total. The number of carbonyl (C=O) groups is 1. The number of ether oxygens (including phenoxy) is 1. The Hall–Kier alpha value is -1.11. The van der Waals surface area contributed by atoms with Crippen LogP contribution < -0.4 is 5.73 Å². The number of esters is 1. The molecule has 0 bridgehead atoms. The van der Waals surface area contributed by atoms with Gasteiger partial charge in [0.25, 0.3) is 0 Å². The van der Waals surface area contributed by atoms with E-state index in [0.29, 0.717) is 17.1 Å². The molecular formula is C11H14ClNO4S. The van der Waals surface area contributed by atoms with E-state index in [9.17, 15) is 13.2 Å². The van der Waals surface area contributed by atoms with Crippen molar-refractivity contribution in [3.05, 3.63) is 34.3 Å². The molecular weight excluding hydrogens is 278 g/mol. The van der Waals surface area contributed by atoms with E-state index in [1.807, 2.05) is 0 Å². The molecule has 0 aromatic heterocycles. The first-order valence-electron chi connectivity index (χ1n) is 5.12. The number of halogens is 1. The lowest BCUT2D eigenvalue weighted by Crippen LogP contribution is -2.19. The number of rotatable bonds is 5. The predicted molar refractivity (Wildman–Crippen MR) is 68.9 cm³/mol. The Morgan fingerprint density at radius 3 is 2.61 bits per heavy atom. The first-order chi connectivity index (χ1) is 8.38. The van der Waals surface area contributed by atoms with E-state index in [1.165, 1.54) is 0 Å². The Labute approximate surface area is 111 Å². The molecule has 1 aromatic rings. The van der Waals surface area contributed by atoms with E-state index in [4.69, 9.17) is 17.3 Å². The maximum absolute atomic E-state index is 11.7. The van der Waals surface area contributed by atoms with Crippen molar-refractivity contribution in [3.63, 3.8) is 0 Å². The van der Waals surface area contributed by atoms with Crippen LogP contribution in [-0.2, 0) is 31.7 Å². The zero-order chi connectivity index (χ0) is 13.8. The van der Waals surface area contributed by atoms with Crippen LogP contribution >= 0.6 is 11.6 Å². The fourth-order valence-electron chi connectivity index (χ4n) is 1.36. The molecule has 0 aliphatic carbocycles. The number of hydrogen-bond donors (Lipinski definition) is 1. The Kier molecular flexibility index (Phi) is 5.13. The average molecular weight is 292 g/mol. The molecule has 1 rings (SSSR count). The van der Waals surface area contributed by atoms with E-state index in [-0.39, 0.29) is 5.75 Å². The van der Waals surface area contributed by atoms with Crippen molar-refractivity contribution >= 4 is 27.4 Å². The van der Waals surface area contributed by atoms with E-state index >= 15 is 0 Å². The Balaban J connectivity index is 2.87. The van der Waals surface area contributed by atoms with Gasteiger partial charge in [-0.3, -0.25) is 4.79 Å². The van der Waals surface area contributed by atoms with Crippen LogP contribution in [0.2, 0.25) is 5.02 Å². The molecule has 0 aliphatic rings. The highest BCUT2D eigenvalue weighted by Gasteiger charge is 2.19. The highest BCUT2D eigenvalue weighted by atomic mass is 35.5. The van der Waals surface area contributed by atoms with Gasteiger partial charge in [0.05, 0.1) is 12.9 Å². The minimum atomic E-state index is -3.58. The number of methoxy groups -OCH3 is 1. The predicted octanol–water partition coefficient (Wildman–Crippen LogP) is 0.886. The van der Waals surface area contributed by atoms with Gasteiger partial charge in [0.15, 0.2) is 9.84 Å². The van der Waals surface area contributed by atoms with Crippen molar-refractivity contribution in [2.75, 3.05) is 12.9 Å². The maximum Gasteiger partial charge on any atom is 0.320 e. The van der Waals surface area contributed by atoms with Gasteiger partial charge >= 0.3 is 5.97 Å². The SMILES string of the molecule is COC(=O)CS(=O)(=O)Cc1ccc(CN)cc1Cl. The number of carbonyl (C=O) groups excluding carboxylic acids is 1. The van der Waals surface area contributed by atoms with Crippen molar-refractivity contribution in [1.29, 1.82) is 0 Å². The van der Waals surface area contributed by atoms with Gasteiger partial charge in [0.2, 0.25) is 0 Å². The topological polar surface area (TPSA) is 86.5 Å². The molecule has 0 heterocycles. The van der Waals surface area contributed by atoms with Crippen LogP contribution in [0.1, 0.15) is 11.1 Å². The molecule has 100 valence electrons. The summed E-state index contributed by atoms with van der Waals surface area (Å²) in [5.41, 5.74) is 6.70. The van der Waals surface area contributed by atoms with Crippen LogP contribution in [0.15, 0.2) is 18.2 Å². The zero-order valence-corrected chi connectivity index (χ0v) is 11.4. The van der Waals surface area contributed by atoms with Crippen molar-refractivity contribution in [2.45, 2.75) is 12.3 Å². The summed E-state index contributed by atoms with van der Waals surface area (Å²) in [5.74, 6) is -1.74. The summed E-state index contributed by atoms with van der Waals surface area (Å²) >= 11 is 5.95. The summed E-state index contributed by atoms with van der Waals surface area (Å²) in [6.07, 6.45) is 0. The first kappa shape index (κ1) is 14.9. The fraction of sp³-hybridized carbons (Fsp3) is 0.364. The second-order valence-electron chi connectivity index (χ2n) is 3.74. The van der Waals surface area contributed by atoms with Crippen LogP contribution in [0.3, 0.4) is 0 Å². The van der Waals surface area contributed by atoms with Crippen molar-refractivity contribution in [1.82, 2.24) is 0 Å². The van der Waals surface area contributed by atoms with Crippen LogP contribution in [0, 0.1) is 0 Å². The lowest BCUT2D eigenvalue weighted by Gasteiger charge is -2.07. The van der Waals surface area contributed by atoms with Crippen molar-refractivity contribution < 1.29 is 17.9 Å². The summed E-state index contributed by atoms with van der Waals surface area (Å²) < 4.78 is 27.7. The Bertz CT molecular complexity index is 542. The lowest BCUT2D eigenvalue weighted by molar-refractivity contribution is -0.137. The van der Waals surface area contributed by atoms with Crippen molar-refractivity contribution in [2.24, 2.45) is 5.73 Å².